The Morgan fingerprint density at radius 1 is 1.45 bits per heavy atom. The summed E-state index contributed by atoms with van der Waals surface area (Å²) >= 11 is 0. The first-order valence-electron chi connectivity index (χ1n) is 6.86. The van der Waals surface area contributed by atoms with E-state index in [1.54, 1.807) is 7.05 Å². The molecule has 1 saturated carbocycles. The maximum Gasteiger partial charge on any atom is 0.243 e. The molecule has 1 fully saturated rings. The van der Waals surface area contributed by atoms with Gasteiger partial charge >= 0.3 is 0 Å². The van der Waals surface area contributed by atoms with Crippen LogP contribution in [0.4, 0.5) is 5.82 Å². The van der Waals surface area contributed by atoms with Crippen molar-refractivity contribution >= 4 is 15.8 Å². The Hall–Kier alpha value is -1.18. The van der Waals surface area contributed by atoms with Gasteiger partial charge in [-0.2, -0.15) is 4.31 Å². The lowest BCUT2D eigenvalue weighted by molar-refractivity contribution is 0.226. The van der Waals surface area contributed by atoms with Gasteiger partial charge in [-0.15, -0.1) is 0 Å². The Morgan fingerprint density at radius 2 is 2.15 bits per heavy atom. The van der Waals surface area contributed by atoms with Crippen LogP contribution in [0.5, 0.6) is 0 Å². The van der Waals surface area contributed by atoms with E-state index in [-0.39, 0.29) is 24.1 Å². The number of rotatable bonds is 6. The lowest BCUT2D eigenvalue weighted by Gasteiger charge is -2.27. The fourth-order valence-electron chi connectivity index (χ4n) is 2.63. The molecule has 0 spiro atoms. The maximum absolute atomic E-state index is 12.7. The SMILES string of the molecule is CNc1cc(S(=O)(=O)N(CCO)C2CCCC2)ccn1. The lowest BCUT2D eigenvalue weighted by Crippen LogP contribution is -2.40. The van der Waals surface area contributed by atoms with E-state index in [9.17, 15) is 13.5 Å². The molecule has 0 amide bonds. The molecule has 1 aliphatic carbocycles. The monoisotopic (exact) mass is 299 g/mol. The third-order valence-corrected chi connectivity index (χ3v) is 5.59. The minimum Gasteiger partial charge on any atom is -0.395 e. The van der Waals surface area contributed by atoms with E-state index in [2.05, 4.69) is 10.3 Å². The van der Waals surface area contributed by atoms with Gasteiger partial charge in [0.05, 0.1) is 11.5 Å². The van der Waals surface area contributed by atoms with Crippen LogP contribution in [0.15, 0.2) is 23.2 Å². The quantitative estimate of drug-likeness (QED) is 0.820. The standard InChI is InChI=1S/C13H21N3O3S/c1-14-13-10-12(6-7-15-13)20(18,19)16(8-9-17)11-4-2-3-5-11/h6-7,10-11,17H,2-5,8-9H2,1H3,(H,14,15). The Morgan fingerprint density at radius 3 is 2.75 bits per heavy atom. The van der Waals surface area contributed by atoms with E-state index in [1.165, 1.54) is 22.6 Å². The highest BCUT2D eigenvalue weighted by atomic mass is 32.2. The number of aromatic nitrogens is 1. The summed E-state index contributed by atoms with van der Waals surface area (Å²) in [6, 6.07) is 3.02. The van der Waals surface area contributed by atoms with Crippen molar-refractivity contribution in [3.63, 3.8) is 0 Å². The third kappa shape index (κ3) is 3.11. The summed E-state index contributed by atoms with van der Waals surface area (Å²) in [4.78, 5) is 4.25. The van der Waals surface area contributed by atoms with Crippen LogP contribution in [0.25, 0.3) is 0 Å². The summed E-state index contributed by atoms with van der Waals surface area (Å²) in [5, 5.41) is 12.0. The van der Waals surface area contributed by atoms with Crippen molar-refractivity contribution in [2.24, 2.45) is 0 Å². The first-order chi connectivity index (χ1) is 9.59. The first kappa shape index (κ1) is 15.2. The molecule has 0 unspecified atom stereocenters. The number of nitrogens with zero attached hydrogens (tertiary/aromatic N) is 2. The second kappa shape index (κ2) is 6.51. The van der Waals surface area contributed by atoms with Crippen LogP contribution in [-0.2, 0) is 10.0 Å². The number of aliphatic hydroxyl groups is 1. The van der Waals surface area contributed by atoms with Gasteiger partial charge in [0.15, 0.2) is 0 Å². The van der Waals surface area contributed by atoms with Gasteiger partial charge in [-0.25, -0.2) is 13.4 Å². The largest absolute Gasteiger partial charge is 0.395 e. The normalized spacial score (nSPS) is 16.8. The highest BCUT2D eigenvalue weighted by Gasteiger charge is 2.32. The molecule has 0 aromatic carbocycles. The number of aliphatic hydroxyl groups excluding tert-OH is 1. The van der Waals surface area contributed by atoms with Gasteiger partial charge in [0.2, 0.25) is 10.0 Å². The minimum atomic E-state index is -3.59. The lowest BCUT2D eigenvalue weighted by atomic mass is 10.2. The summed E-state index contributed by atoms with van der Waals surface area (Å²) in [6.45, 7) is -0.0239. The van der Waals surface area contributed by atoms with Crippen LogP contribution in [0.3, 0.4) is 0 Å². The Kier molecular flexibility index (Phi) is 4.95. The molecule has 1 aromatic heterocycles. The van der Waals surface area contributed by atoms with E-state index in [0.717, 1.165) is 25.7 Å². The zero-order chi connectivity index (χ0) is 14.6. The van der Waals surface area contributed by atoms with Crippen molar-refractivity contribution in [3.05, 3.63) is 18.3 Å². The molecule has 2 rings (SSSR count). The van der Waals surface area contributed by atoms with Gasteiger partial charge in [-0.3, -0.25) is 0 Å². The average Bonchev–Trinajstić information content (AvgIpc) is 2.98. The Labute approximate surface area is 119 Å². The molecular formula is C13H21N3O3S. The highest BCUT2D eigenvalue weighted by Crippen LogP contribution is 2.28. The van der Waals surface area contributed by atoms with E-state index < -0.39 is 10.0 Å². The Balaban J connectivity index is 2.33. The maximum atomic E-state index is 12.7. The van der Waals surface area contributed by atoms with Crippen molar-refractivity contribution < 1.29 is 13.5 Å². The number of anilines is 1. The van der Waals surface area contributed by atoms with Gasteiger partial charge in [-0.05, 0) is 18.9 Å². The first-order valence-corrected chi connectivity index (χ1v) is 8.30. The topological polar surface area (TPSA) is 82.5 Å². The predicted octanol–water partition coefficient (Wildman–Crippen LogP) is 1.05. The number of pyridine rings is 1. The van der Waals surface area contributed by atoms with Gasteiger partial charge in [0.25, 0.3) is 0 Å². The average molecular weight is 299 g/mol. The van der Waals surface area contributed by atoms with E-state index in [0.29, 0.717) is 5.82 Å². The van der Waals surface area contributed by atoms with Crippen LogP contribution in [0, 0.1) is 0 Å². The zero-order valence-corrected chi connectivity index (χ0v) is 12.4. The van der Waals surface area contributed by atoms with Gasteiger partial charge in [0, 0.05) is 31.9 Å². The number of hydrogen-bond donors (Lipinski definition) is 2. The number of hydrogen-bond acceptors (Lipinski definition) is 5. The fraction of sp³-hybridized carbons (Fsp3) is 0.615. The molecule has 112 valence electrons. The van der Waals surface area contributed by atoms with Crippen molar-refractivity contribution in [1.82, 2.24) is 9.29 Å². The van der Waals surface area contributed by atoms with Crippen LogP contribution < -0.4 is 5.32 Å². The zero-order valence-electron chi connectivity index (χ0n) is 11.6. The molecule has 0 aliphatic heterocycles. The molecule has 7 heteroatoms. The van der Waals surface area contributed by atoms with Crippen molar-refractivity contribution in [3.8, 4) is 0 Å². The number of sulfonamides is 1. The molecule has 20 heavy (non-hydrogen) atoms. The summed E-state index contributed by atoms with van der Waals surface area (Å²) in [6.07, 6.45) is 5.29. The van der Waals surface area contributed by atoms with Crippen LogP contribution in [0.1, 0.15) is 25.7 Å². The van der Waals surface area contributed by atoms with Gasteiger partial charge in [-0.1, -0.05) is 12.8 Å². The summed E-state index contributed by atoms with van der Waals surface area (Å²) in [5.41, 5.74) is 0. The third-order valence-electron chi connectivity index (χ3n) is 3.65. The summed E-state index contributed by atoms with van der Waals surface area (Å²) in [7, 11) is -1.89. The summed E-state index contributed by atoms with van der Waals surface area (Å²) < 4.78 is 26.9. The van der Waals surface area contributed by atoms with Crippen molar-refractivity contribution in [2.75, 3.05) is 25.5 Å². The molecule has 1 aliphatic rings. The summed E-state index contributed by atoms with van der Waals surface area (Å²) in [5.74, 6) is 0.515. The molecular weight excluding hydrogens is 278 g/mol. The second-order valence-corrected chi connectivity index (χ2v) is 6.79. The second-order valence-electron chi connectivity index (χ2n) is 4.90. The van der Waals surface area contributed by atoms with Crippen molar-refractivity contribution in [1.29, 1.82) is 0 Å². The molecule has 2 N–H and O–H groups in total. The Bertz CT molecular complexity index is 542. The van der Waals surface area contributed by atoms with Crippen molar-refractivity contribution in [2.45, 2.75) is 36.6 Å². The van der Waals surface area contributed by atoms with Gasteiger partial charge in [0.1, 0.15) is 5.82 Å². The highest BCUT2D eigenvalue weighted by molar-refractivity contribution is 7.89. The minimum absolute atomic E-state index is 0.00153. The molecule has 0 radical (unpaired) electrons. The number of nitrogens with one attached hydrogen (secondary N) is 1. The van der Waals surface area contributed by atoms with E-state index in [4.69, 9.17) is 0 Å². The van der Waals surface area contributed by atoms with E-state index >= 15 is 0 Å². The fourth-order valence-corrected chi connectivity index (χ4v) is 4.32. The molecule has 6 nitrogen and oxygen atoms in total. The molecule has 1 heterocycles. The van der Waals surface area contributed by atoms with E-state index in [1.807, 2.05) is 0 Å². The molecule has 0 bridgehead atoms. The molecule has 0 saturated heterocycles. The molecule has 1 aromatic rings. The van der Waals surface area contributed by atoms with Crippen LogP contribution in [0.2, 0.25) is 0 Å². The van der Waals surface area contributed by atoms with Crippen LogP contribution >= 0.6 is 0 Å². The smallest absolute Gasteiger partial charge is 0.243 e. The van der Waals surface area contributed by atoms with Gasteiger partial charge < -0.3 is 10.4 Å². The molecule has 0 atom stereocenters. The van der Waals surface area contributed by atoms with Crippen LogP contribution in [-0.4, -0.2) is 49.1 Å². The predicted molar refractivity (Wildman–Crippen MR) is 77.0 cm³/mol.